The summed E-state index contributed by atoms with van der Waals surface area (Å²) in [7, 11) is -4.29. The summed E-state index contributed by atoms with van der Waals surface area (Å²) in [6.07, 6.45) is -2.55. The molecule has 0 heterocycles. The summed E-state index contributed by atoms with van der Waals surface area (Å²) >= 11 is 6.04. The lowest BCUT2D eigenvalue weighted by Gasteiger charge is -2.32. The third-order valence-electron chi connectivity index (χ3n) is 5.48. The summed E-state index contributed by atoms with van der Waals surface area (Å²) in [5, 5.41) is 2.37. The predicted molar refractivity (Wildman–Crippen MR) is 133 cm³/mol. The van der Waals surface area contributed by atoms with E-state index in [1.54, 1.807) is 0 Å². The third-order valence-corrected chi connectivity index (χ3v) is 6.93. The van der Waals surface area contributed by atoms with Gasteiger partial charge >= 0.3 is 6.18 Å². The molecule has 13 heteroatoms. The van der Waals surface area contributed by atoms with Crippen molar-refractivity contribution < 1.29 is 35.6 Å². The van der Waals surface area contributed by atoms with Crippen molar-refractivity contribution in [1.29, 1.82) is 0 Å². The lowest BCUT2D eigenvalue weighted by Crippen LogP contribution is -2.51. The number of amides is 2. The molecule has 0 saturated heterocycles. The molecule has 0 aromatic heterocycles. The van der Waals surface area contributed by atoms with Crippen molar-refractivity contribution in [2.75, 3.05) is 23.7 Å². The molecule has 0 bridgehead atoms. The highest BCUT2D eigenvalue weighted by Crippen LogP contribution is 2.36. The Morgan fingerprint density at radius 3 is 2.27 bits per heavy atom. The first-order valence-electron chi connectivity index (χ1n) is 11.3. The molecule has 2 aromatic carbocycles. The number of carbonyl (C=O) groups is 2. The monoisotopic (exact) mass is 565 g/mol. The lowest BCUT2D eigenvalue weighted by atomic mass is 10.1. The molecule has 0 unspecified atom stereocenters. The standard InChI is InChI=1S/C24H28ClF4N3O4S/c1-4-5-12-30-23(34)16(2)31(14-17-6-9-19(26)10-7-17)22(33)15-32(37(3,35)36)21-13-18(24(27,28)29)8-11-20(21)25/h6-11,13,16H,4-5,12,14-15H2,1-3H3,(H,30,34)/t16-/m1/s1. The second kappa shape index (κ2) is 12.6. The van der Waals surface area contributed by atoms with E-state index in [9.17, 15) is 35.6 Å². The summed E-state index contributed by atoms with van der Waals surface area (Å²) < 4.78 is 78.8. The maximum atomic E-state index is 13.4. The molecular formula is C24H28ClF4N3O4S. The predicted octanol–water partition coefficient (Wildman–Crippen LogP) is 4.60. The van der Waals surface area contributed by atoms with E-state index in [1.165, 1.54) is 19.1 Å². The molecule has 0 fully saturated rings. The summed E-state index contributed by atoms with van der Waals surface area (Å²) in [4.78, 5) is 27.2. The highest BCUT2D eigenvalue weighted by atomic mass is 35.5. The lowest BCUT2D eigenvalue weighted by molar-refractivity contribution is -0.139. The minimum Gasteiger partial charge on any atom is -0.354 e. The second-order valence-corrected chi connectivity index (χ2v) is 10.7. The van der Waals surface area contributed by atoms with Gasteiger partial charge in [0.15, 0.2) is 0 Å². The summed E-state index contributed by atoms with van der Waals surface area (Å²) in [5.74, 6) is -1.90. The molecule has 1 atom stereocenters. The van der Waals surface area contributed by atoms with E-state index in [0.29, 0.717) is 35.0 Å². The van der Waals surface area contributed by atoms with E-state index < -0.39 is 57.7 Å². The van der Waals surface area contributed by atoms with Crippen LogP contribution in [0.1, 0.15) is 37.8 Å². The van der Waals surface area contributed by atoms with Crippen LogP contribution >= 0.6 is 11.6 Å². The Balaban J connectivity index is 2.45. The molecule has 0 spiro atoms. The molecule has 37 heavy (non-hydrogen) atoms. The van der Waals surface area contributed by atoms with Crippen molar-refractivity contribution in [2.24, 2.45) is 0 Å². The highest BCUT2D eigenvalue weighted by Gasteiger charge is 2.34. The minimum atomic E-state index is -4.79. The first kappa shape index (κ1) is 30.4. The Labute approximate surface area is 218 Å². The smallest absolute Gasteiger partial charge is 0.354 e. The van der Waals surface area contributed by atoms with Crippen LogP contribution in [-0.4, -0.2) is 50.5 Å². The van der Waals surface area contributed by atoms with Crippen LogP contribution in [0.4, 0.5) is 23.2 Å². The molecule has 7 nitrogen and oxygen atoms in total. The average Bonchev–Trinajstić information content (AvgIpc) is 2.80. The topological polar surface area (TPSA) is 86.8 Å². The van der Waals surface area contributed by atoms with Gasteiger partial charge in [0, 0.05) is 13.1 Å². The Bertz CT molecular complexity index is 1210. The molecule has 0 aliphatic rings. The SMILES string of the molecule is CCCCNC(=O)[C@@H](C)N(Cc1ccc(F)cc1)C(=O)CN(c1cc(C(F)(F)F)ccc1Cl)S(C)(=O)=O. The summed E-state index contributed by atoms with van der Waals surface area (Å²) in [6, 6.07) is 6.17. The molecule has 2 rings (SSSR count). The molecule has 1 N–H and O–H groups in total. The van der Waals surface area contributed by atoms with Crippen LogP contribution in [0.25, 0.3) is 0 Å². The number of nitrogens with zero attached hydrogens (tertiary/aromatic N) is 2. The van der Waals surface area contributed by atoms with Gasteiger partial charge < -0.3 is 10.2 Å². The van der Waals surface area contributed by atoms with Crippen LogP contribution in [-0.2, 0) is 32.3 Å². The first-order valence-corrected chi connectivity index (χ1v) is 13.5. The number of halogens is 5. The van der Waals surface area contributed by atoms with Crippen molar-refractivity contribution in [3.05, 3.63) is 64.4 Å². The number of rotatable bonds is 11. The van der Waals surface area contributed by atoms with Crippen molar-refractivity contribution in [3.8, 4) is 0 Å². The molecule has 204 valence electrons. The second-order valence-electron chi connectivity index (χ2n) is 8.40. The van der Waals surface area contributed by atoms with Gasteiger partial charge in [-0.15, -0.1) is 0 Å². The highest BCUT2D eigenvalue weighted by molar-refractivity contribution is 7.92. The van der Waals surface area contributed by atoms with Crippen LogP contribution in [0.5, 0.6) is 0 Å². The Hall–Kier alpha value is -2.86. The normalized spacial score (nSPS) is 12.6. The van der Waals surface area contributed by atoms with E-state index >= 15 is 0 Å². The zero-order valence-corrected chi connectivity index (χ0v) is 22.1. The Kier molecular flexibility index (Phi) is 10.3. The molecule has 0 aliphatic carbocycles. The van der Waals surface area contributed by atoms with E-state index in [2.05, 4.69) is 5.32 Å². The molecule has 0 saturated carbocycles. The fourth-order valence-corrected chi connectivity index (χ4v) is 4.50. The van der Waals surface area contributed by atoms with Gasteiger partial charge in [-0.1, -0.05) is 37.1 Å². The number of hydrogen-bond acceptors (Lipinski definition) is 4. The van der Waals surface area contributed by atoms with Gasteiger partial charge in [-0.25, -0.2) is 12.8 Å². The number of anilines is 1. The number of hydrogen-bond donors (Lipinski definition) is 1. The van der Waals surface area contributed by atoms with Crippen molar-refractivity contribution in [2.45, 2.75) is 45.5 Å². The largest absolute Gasteiger partial charge is 0.416 e. The number of sulfonamides is 1. The van der Waals surface area contributed by atoms with Gasteiger partial charge in [-0.2, -0.15) is 13.2 Å². The van der Waals surface area contributed by atoms with Crippen LogP contribution in [0.15, 0.2) is 42.5 Å². The maximum absolute atomic E-state index is 13.4. The minimum absolute atomic E-state index is 0.185. The van der Waals surface area contributed by atoms with Crippen molar-refractivity contribution in [1.82, 2.24) is 10.2 Å². The van der Waals surface area contributed by atoms with Gasteiger partial charge in [-0.3, -0.25) is 13.9 Å². The number of alkyl halides is 3. The fraction of sp³-hybridized carbons (Fsp3) is 0.417. The maximum Gasteiger partial charge on any atom is 0.416 e. The van der Waals surface area contributed by atoms with Gasteiger partial charge in [0.05, 0.1) is 22.5 Å². The van der Waals surface area contributed by atoms with Crippen molar-refractivity contribution >= 4 is 39.1 Å². The number of benzene rings is 2. The summed E-state index contributed by atoms with van der Waals surface area (Å²) in [5.41, 5.74) is -1.24. The Morgan fingerprint density at radius 2 is 1.73 bits per heavy atom. The molecule has 0 radical (unpaired) electrons. The molecule has 2 aromatic rings. The molecule has 0 aliphatic heterocycles. The van der Waals surface area contributed by atoms with Crippen LogP contribution in [0.2, 0.25) is 5.02 Å². The molecule has 2 amide bonds. The zero-order chi connectivity index (χ0) is 28.0. The van der Waals surface area contributed by atoms with E-state index in [1.807, 2.05) is 6.92 Å². The van der Waals surface area contributed by atoms with Crippen LogP contribution in [0, 0.1) is 5.82 Å². The van der Waals surface area contributed by atoms with Gasteiger partial charge in [0.1, 0.15) is 18.4 Å². The number of nitrogens with one attached hydrogen (secondary N) is 1. The van der Waals surface area contributed by atoms with Gasteiger partial charge in [-0.05, 0) is 49.2 Å². The first-order chi connectivity index (χ1) is 17.1. The quantitative estimate of drug-likeness (QED) is 0.319. The molecular weight excluding hydrogens is 538 g/mol. The average molecular weight is 566 g/mol. The van der Waals surface area contributed by atoms with E-state index in [-0.39, 0.29) is 11.6 Å². The van der Waals surface area contributed by atoms with Gasteiger partial charge in [0.25, 0.3) is 0 Å². The van der Waals surface area contributed by atoms with E-state index in [4.69, 9.17) is 11.6 Å². The fourth-order valence-electron chi connectivity index (χ4n) is 3.38. The van der Waals surface area contributed by atoms with Gasteiger partial charge in [0.2, 0.25) is 21.8 Å². The Morgan fingerprint density at radius 1 is 1.11 bits per heavy atom. The zero-order valence-electron chi connectivity index (χ0n) is 20.5. The number of unbranched alkanes of at least 4 members (excludes halogenated alkanes) is 1. The number of carbonyl (C=O) groups excluding carboxylic acids is 2. The third kappa shape index (κ3) is 8.60. The summed E-state index contributed by atoms with van der Waals surface area (Å²) in [6.45, 7) is 2.61. The van der Waals surface area contributed by atoms with Crippen LogP contribution < -0.4 is 9.62 Å². The van der Waals surface area contributed by atoms with Crippen LogP contribution in [0.3, 0.4) is 0 Å². The van der Waals surface area contributed by atoms with Crippen molar-refractivity contribution in [3.63, 3.8) is 0 Å². The van der Waals surface area contributed by atoms with E-state index in [0.717, 1.165) is 35.8 Å².